The summed E-state index contributed by atoms with van der Waals surface area (Å²) in [6.07, 6.45) is 0. The molecule has 0 radical (unpaired) electrons. The number of ether oxygens (including phenoxy) is 2. The monoisotopic (exact) mass is 411 g/mol. The molecular weight excluding hydrogens is 393 g/mol. The van der Waals surface area contributed by atoms with Gasteiger partial charge in [-0.05, 0) is 35.9 Å². The molecule has 0 aliphatic heterocycles. The van der Waals surface area contributed by atoms with Gasteiger partial charge in [0, 0.05) is 13.7 Å². The normalized spacial score (nSPS) is 11.2. The number of carbonyl (C=O) groups is 1. The largest absolute Gasteiger partial charge is 0.465 e. The predicted octanol–water partition coefficient (Wildman–Crippen LogP) is 4.19. The van der Waals surface area contributed by atoms with Crippen molar-refractivity contribution in [1.29, 1.82) is 0 Å². The first-order valence-corrected chi connectivity index (χ1v) is 9.14. The van der Waals surface area contributed by atoms with E-state index in [1.807, 2.05) is 0 Å². The van der Waals surface area contributed by atoms with Gasteiger partial charge in [0.25, 0.3) is 0 Å². The quantitative estimate of drug-likeness (QED) is 0.289. The zero-order chi connectivity index (χ0) is 21.3. The van der Waals surface area contributed by atoms with Gasteiger partial charge in [-0.1, -0.05) is 12.1 Å². The van der Waals surface area contributed by atoms with Crippen molar-refractivity contribution < 1.29 is 27.5 Å². The lowest BCUT2D eigenvalue weighted by Gasteiger charge is -2.06. The first-order chi connectivity index (χ1) is 14.5. The number of fused-ring (bicyclic) bond motifs is 3. The number of rotatable bonds is 6. The Kier molecular flexibility index (Phi) is 5.24. The van der Waals surface area contributed by atoms with Crippen LogP contribution in [0, 0.1) is 5.82 Å². The highest BCUT2D eigenvalue weighted by atomic mass is 19.1. The van der Waals surface area contributed by atoms with Crippen LogP contribution in [0.15, 0.2) is 56.1 Å². The molecule has 2 heterocycles. The van der Waals surface area contributed by atoms with Crippen LogP contribution in [0.25, 0.3) is 33.1 Å². The van der Waals surface area contributed by atoms with Crippen LogP contribution in [-0.4, -0.2) is 33.3 Å². The number of benzene rings is 2. The number of anilines is 1. The van der Waals surface area contributed by atoms with Gasteiger partial charge >= 0.3 is 11.6 Å². The van der Waals surface area contributed by atoms with E-state index in [1.165, 1.54) is 25.3 Å². The van der Waals surface area contributed by atoms with Crippen LogP contribution in [0.4, 0.5) is 10.3 Å². The molecule has 8 heteroatoms. The van der Waals surface area contributed by atoms with Crippen LogP contribution in [0.3, 0.4) is 0 Å². The average molecular weight is 411 g/mol. The number of nitrogens with one attached hydrogen (secondary N) is 1. The van der Waals surface area contributed by atoms with Crippen molar-refractivity contribution in [3.63, 3.8) is 0 Å². The average Bonchev–Trinajstić information content (AvgIpc) is 3.14. The van der Waals surface area contributed by atoms with E-state index in [4.69, 9.17) is 18.3 Å². The third-order valence-corrected chi connectivity index (χ3v) is 4.69. The minimum atomic E-state index is -0.611. The highest BCUT2D eigenvalue weighted by Gasteiger charge is 2.23. The van der Waals surface area contributed by atoms with Gasteiger partial charge in [0.1, 0.15) is 16.8 Å². The Morgan fingerprint density at radius 2 is 1.87 bits per heavy atom. The van der Waals surface area contributed by atoms with Crippen molar-refractivity contribution in [3.8, 4) is 11.1 Å². The Bertz CT molecular complexity index is 1290. The summed E-state index contributed by atoms with van der Waals surface area (Å²) in [5.74, 6) is -0.637. The highest BCUT2D eigenvalue weighted by molar-refractivity contribution is 6.09. The number of furan rings is 1. The SMILES string of the molecule is COCCNc1oc2c(c1-c1ccc(C(=O)OC)cc1)c(=O)oc1ccc(F)cc12. The van der Waals surface area contributed by atoms with E-state index in [0.29, 0.717) is 41.1 Å². The molecule has 0 aliphatic carbocycles. The van der Waals surface area contributed by atoms with Gasteiger partial charge in [-0.2, -0.15) is 0 Å². The molecule has 1 N–H and O–H groups in total. The van der Waals surface area contributed by atoms with Crippen molar-refractivity contribution in [2.45, 2.75) is 0 Å². The summed E-state index contributed by atoms with van der Waals surface area (Å²) in [4.78, 5) is 24.5. The Hall–Kier alpha value is -3.65. The van der Waals surface area contributed by atoms with Gasteiger partial charge < -0.3 is 23.6 Å². The highest BCUT2D eigenvalue weighted by Crippen LogP contribution is 2.39. The molecule has 0 spiro atoms. The van der Waals surface area contributed by atoms with Gasteiger partial charge in [-0.3, -0.25) is 0 Å². The van der Waals surface area contributed by atoms with Crippen molar-refractivity contribution in [1.82, 2.24) is 0 Å². The molecule has 0 aliphatic rings. The van der Waals surface area contributed by atoms with Crippen LogP contribution in [0.2, 0.25) is 0 Å². The van der Waals surface area contributed by atoms with Crippen molar-refractivity contribution in [2.75, 3.05) is 32.7 Å². The van der Waals surface area contributed by atoms with Gasteiger partial charge in [-0.15, -0.1) is 0 Å². The van der Waals surface area contributed by atoms with Crippen LogP contribution < -0.4 is 10.9 Å². The van der Waals surface area contributed by atoms with E-state index in [-0.39, 0.29) is 16.6 Å². The maximum absolute atomic E-state index is 13.9. The number of hydrogen-bond acceptors (Lipinski definition) is 7. The van der Waals surface area contributed by atoms with E-state index in [0.717, 1.165) is 0 Å². The van der Waals surface area contributed by atoms with E-state index in [9.17, 15) is 14.0 Å². The molecule has 2 aromatic heterocycles. The van der Waals surface area contributed by atoms with Gasteiger partial charge in [0.05, 0.1) is 30.2 Å². The first-order valence-electron chi connectivity index (χ1n) is 9.14. The number of hydrogen-bond donors (Lipinski definition) is 1. The van der Waals surface area contributed by atoms with E-state index in [2.05, 4.69) is 5.32 Å². The molecule has 0 atom stereocenters. The second-order valence-corrected chi connectivity index (χ2v) is 6.53. The maximum Gasteiger partial charge on any atom is 0.348 e. The lowest BCUT2D eigenvalue weighted by molar-refractivity contribution is 0.0600. The fourth-order valence-corrected chi connectivity index (χ4v) is 3.29. The molecule has 0 saturated heterocycles. The topological polar surface area (TPSA) is 90.9 Å². The second kappa shape index (κ2) is 8.00. The zero-order valence-electron chi connectivity index (χ0n) is 16.3. The molecule has 4 aromatic rings. The molecule has 30 heavy (non-hydrogen) atoms. The Balaban J connectivity index is 1.96. The number of esters is 1. The number of halogens is 1. The molecule has 4 rings (SSSR count). The Morgan fingerprint density at radius 3 is 2.57 bits per heavy atom. The zero-order valence-corrected chi connectivity index (χ0v) is 16.3. The first kappa shape index (κ1) is 19.7. The summed E-state index contributed by atoms with van der Waals surface area (Å²) in [5.41, 5.74) is 1.26. The second-order valence-electron chi connectivity index (χ2n) is 6.53. The molecule has 0 unspecified atom stereocenters. The van der Waals surface area contributed by atoms with Gasteiger partial charge in [0.15, 0.2) is 5.58 Å². The van der Waals surface area contributed by atoms with E-state index >= 15 is 0 Å². The molecule has 7 nitrogen and oxygen atoms in total. The summed E-state index contributed by atoms with van der Waals surface area (Å²) in [5, 5.41) is 3.62. The maximum atomic E-state index is 13.9. The molecule has 154 valence electrons. The number of methoxy groups -OCH3 is 2. The van der Waals surface area contributed by atoms with Crippen LogP contribution in [0.1, 0.15) is 10.4 Å². The molecule has 0 bridgehead atoms. The molecule has 0 amide bonds. The minimum Gasteiger partial charge on any atom is -0.465 e. The Labute approximate surface area is 170 Å². The lowest BCUT2D eigenvalue weighted by atomic mass is 10.0. The van der Waals surface area contributed by atoms with Gasteiger partial charge in [0.2, 0.25) is 5.88 Å². The van der Waals surface area contributed by atoms with Crippen LogP contribution >= 0.6 is 0 Å². The lowest BCUT2D eigenvalue weighted by Crippen LogP contribution is -2.08. The van der Waals surface area contributed by atoms with E-state index < -0.39 is 17.4 Å². The van der Waals surface area contributed by atoms with Crippen LogP contribution in [-0.2, 0) is 9.47 Å². The van der Waals surface area contributed by atoms with Crippen molar-refractivity contribution >= 4 is 33.8 Å². The van der Waals surface area contributed by atoms with E-state index in [1.54, 1.807) is 31.4 Å². The Morgan fingerprint density at radius 1 is 1.10 bits per heavy atom. The summed E-state index contributed by atoms with van der Waals surface area (Å²) in [7, 11) is 2.87. The standard InChI is InChI=1S/C22H18FNO6/c1-27-10-9-24-20-17(12-3-5-13(6-4-12)21(25)28-2)18-19(30-20)15-11-14(23)7-8-16(15)29-22(18)26/h3-8,11,24H,9-10H2,1-2H3. The van der Waals surface area contributed by atoms with Crippen LogP contribution in [0.5, 0.6) is 0 Å². The summed E-state index contributed by atoms with van der Waals surface area (Å²) >= 11 is 0. The molecule has 0 saturated carbocycles. The third kappa shape index (κ3) is 3.42. The van der Waals surface area contributed by atoms with Crippen molar-refractivity contribution in [3.05, 3.63) is 64.3 Å². The third-order valence-electron chi connectivity index (χ3n) is 4.69. The van der Waals surface area contributed by atoms with Gasteiger partial charge in [-0.25, -0.2) is 14.0 Å². The fraction of sp³-hybridized carbons (Fsp3) is 0.182. The minimum absolute atomic E-state index is 0.179. The predicted molar refractivity (Wildman–Crippen MR) is 109 cm³/mol. The molecule has 2 aromatic carbocycles. The fourth-order valence-electron chi connectivity index (χ4n) is 3.29. The summed E-state index contributed by atoms with van der Waals surface area (Å²) < 4.78 is 35.0. The molecular formula is C22H18FNO6. The number of carbonyl (C=O) groups excluding carboxylic acids is 1. The summed E-state index contributed by atoms with van der Waals surface area (Å²) in [6.45, 7) is 0.822. The smallest absolute Gasteiger partial charge is 0.348 e. The summed E-state index contributed by atoms with van der Waals surface area (Å²) in [6, 6.07) is 10.4. The van der Waals surface area contributed by atoms with Crippen molar-refractivity contribution in [2.24, 2.45) is 0 Å². The molecule has 0 fully saturated rings.